The summed E-state index contributed by atoms with van der Waals surface area (Å²) in [6.45, 7) is 4.24. The van der Waals surface area contributed by atoms with Crippen molar-refractivity contribution in [2.75, 3.05) is 0 Å². The first-order chi connectivity index (χ1) is 10.9. The summed E-state index contributed by atoms with van der Waals surface area (Å²) >= 11 is 12.0. The lowest BCUT2D eigenvalue weighted by Crippen LogP contribution is -2.43. The van der Waals surface area contributed by atoms with E-state index >= 15 is 0 Å². The number of rotatable bonds is 2. The Bertz CT molecular complexity index is 809. The Hall–Kier alpha value is -1.77. The molecule has 1 aliphatic rings. The van der Waals surface area contributed by atoms with Gasteiger partial charge in [-0.25, -0.2) is 0 Å². The highest BCUT2D eigenvalue weighted by Crippen LogP contribution is 2.30. The molecule has 3 rings (SSSR count). The van der Waals surface area contributed by atoms with Gasteiger partial charge in [-0.15, -0.1) is 0 Å². The van der Waals surface area contributed by atoms with Crippen LogP contribution in [0.1, 0.15) is 35.3 Å². The third-order valence-electron chi connectivity index (χ3n) is 3.89. The number of nitrogens with one attached hydrogen (secondary N) is 1. The molecule has 2 aromatic rings. The van der Waals surface area contributed by atoms with Gasteiger partial charge in [-0.05, 0) is 44.0 Å². The van der Waals surface area contributed by atoms with Crippen molar-refractivity contribution in [3.8, 4) is 0 Å². The first-order valence-corrected chi connectivity index (χ1v) is 8.19. The van der Waals surface area contributed by atoms with Crippen molar-refractivity contribution in [1.29, 1.82) is 0 Å². The van der Waals surface area contributed by atoms with Crippen molar-refractivity contribution >= 4 is 34.7 Å². The number of hydrogen-bond donors (Lipinski definition) is 1. The maximum Gasteiger partial charge on any atom is 0.189 e. The van der Waals surface area contributed by atoms with Crippen molar-refractivity contribution in [3.63, 3.8) is 0 Å². The fraction of sp³-hybridized carbons (Fsp3) is 0.211. The van der Waals surface area contributed by atoms with Crippen LogP contribution in [0.4, 0.5) is 0 Å². The lowest BCUT2D eigenvalue weighted by molar-refractivity contribution is 0.104. The maximum atomic E-state index is 12.6. The summed E-state index contributed by atoms with van der Waals surface area (Å²) in [6.07, 6.45) is 2.53. The standard InChI is InChI=1S/C19H17Cl2NO/c1-19(2)11-12-5-3-4-6-14(12)17(22-19)10-18(23)15-8-7-13(20)9-16(15)21/h3-10,22H,11H2,1-2H3. The van der Waals surface area contributed by atoms with Gasteiger partial charge in [-0.2, -0.15) is 0 Å². The summed E-state index contributed by atoms with van der Waals surface area (Å²) in [5.41, 5.74) is 3.46. The molecule has 0 aromatic heterocycles. The molecule has 1 aliphatic heterocycles. The monoisotopic (exact) mass is 345 g/mol. The number of fused-ring (bicyclic) bond motifs is 1. The molecular weight excluding hydrogens is 329 g/mol. The van der Waals surface area contributed by atoms with Gasteiger partial charge in [-0.3, -0.25) is 4.79 Å². The first-order valence-electron chi connectivity index (χ1n) is 7.43. The summed E-state index contributed by atoms with van der Waals surface area (Å²) in [4.78, 5) is 12.6. The minimum absolute atomic E-state index is 0.107. The molecule has 2 nitrogen and oxygen atoms in total. The van der Waals surface area contributed by atoms with Gasteiger partial charge in [-0.1, -0.05) is 47.5 Å². The van der Waals surface area contributed by atoms with Crippen molar-refractivity contribution in [1.82, 2.24) is 5.32 Å². The summed E-state index contributed by atoms with van der Waals surface area (Å²) in [5, 5.41) is 4.33. The van der Waals surface area contributed by atoms with Gasteiger partial charge < -0.3 is 5.32 Å². The summed E-state index contributed by atoms with van der Waals surface area (Å²) < 4.78 is 0. The third-order valence-corrected chi connectivity index (χ3v) is 4.43. The SMILES string of the molecule is CC1(C)Cc2ccccc2C(=CC(=O)c2ccc(Cl)cc2Cl)N1. The molecule has 0 radical (unpaired) electrons. The zero-order valence-corrected chi connectivity index (χ0v) is 14.5. The van der Waals surface area contributed by atoms with E-state index in [2.05, 4.69) is 25.2 Å². The van der Waals surface area contributed by atoms with Crippen molar-refractivity contribution in [2.45, 2.75) is 25.8 Å². The first kappa shape index (κ1) is 16.1. The van der Waals surface area contributed by atoms with Gasteiger partial charge in [0.05, 0.1) is 5.02 Å². The van der Waals surface area contributed by atoms with Crippen LogP contribution < -0.4 is 5.32 Å². The van der Waals surface area contributed by atoms with Crippen LogP contribution in [0, 0.1) is 0 Å². The van der Waals surface area contributed by atoms with E-state index in [4.69, 9.17) is 23.2 Å². The Balaban J connectivity index is 2.03. The lowest BCUT2D eigenvalue weighted by Gasteiger charge is -2.35. The van der Waals surface area contributed by atoms with E-state index in [-0.39, 0.29) is 11.3 Å². The predicted molar refractivity (Wildman–Crippen MR) is 96.1 cm³/mol. The minimum atomic E-state index is -0.137. The molecule has 2 aromatic carbocycles. The van der Waals surface area contributed by atoms with Crippen LogP contribution in [-0.2, 0) is 6.42 Å². The van der Waals surface area contributed by atoms with E-state index in [1.165, 1.54) is 5.56 Å². The Morgan fingerprint density at radius 3 is 2.65 bits per heavy atom. The van der Waals surface area contributed by atoms with Crippen molar-refractivity contribution in [2.24, 2.45) is 0 Å². The lowest BCUT2D eigenvalue weighted by atomic mass is 9.85. The number of allylic oxidation sites excluding steroid dienone is 1. The van der Waals surface area contributed by atoms with E-state index in [1.54, 1.807) is 24.3 Å². The summed E-state index contributed by atoms with van der Waals surface area (Å²) in [6, 6.07) is 13.0. The molecular formula is C19H17Cl2NO. The highest BCUT2D eigenvalue weighted by molar-refractivity contribution is 6.37. The molecule has 0 atom stereocenters. The minimum Gasteiger partial charge on any atom is -0.379 e. The van der Waals surface area contributed by atoms with Crippen molar-refractivity contribution < 1.29 is 4.79 Å². The molecule has 0 saturated carbocycles. The smallest absolute Gasteiger partial charge is 0.189 e. The fourth-order valence-electron chi connectivity index (χ4n) is 2.90. The molecule has 0 bridgehead atoms. The molecule has 0 amide bonds. The van der Waals surface area contributed by atoms with Crippen LogP contribution in [0.15, 0.2) is 48.5 Å². The molecule has 1 N–H and O–H groups in total. The van der Waals surface area contributed by atoms with E-state index in [0.717, 1.165) is 17.7 Å². The predicted octanol–water partition coefficient (Wildman–Crippen LogP) is 5.14. The van der Waals surface area contributed by atoms with Crippen LogP contribution in [0.2, 0.25) is 10.0 Å². The topological polar surface area (TPSA) is 29.1 Å². The molecule has 0 fully saturated rings. The molecule has 4 heteroatoms. The highest BCUT2D eigenvalue weighted by atomic mass is 35.5. The van der Waals surface area contributed by atoms with Crippen LogP contribution in [0.3, 0.4) is 0 Å². The number of ketones is 1. The van der Waals surface area contributed by atoms with Crippen LogP contribution in [0.25, 0.3) is 5.70 Å². The zero-order valence-electron chi connectivity index (χ0n) is 13.0. The van der Waals surface area contributed by atoms with Gasteiger partial charge >= 0.3 is 0 Å². The normalized spacial score (nSPS) is 17.5. The fourth-order valence-corrected chi connectivity index (χ4v) is 3.40. The second-order valence-electron chi connectivity index (χ2n) is 6.39. The Labute approximate surface area is 146 Å². The number of benzene rings is 2. The molecule has 0 unspecified atom stereocenters. The molecule has 118 valence electrons. The second kappa shape index (κ2) is 6.03. The third kappa shape index (κ3) is 3.44. The number of carbonyl (C=O) groups excluding carboxylic acids is 1. The average Bonchev–Trinajstić information content (AvgIpc) is 2.45. The van der Waals surface area contributed by atoms with Crippen LogP contribution in [0.5, 0.6) is 0 Å². The summed E-state index contributed by atoms with van der Waals surface area (Å²) in [7, 11) is 0. The van der Waals surface area contributed by atoms with Gasteiger partial charge in [0.25, 0.3) is 0 Å². The van der Waals surface area contributed by atoms with Gasteiger partial charge in [0.2, 0.25) is 0 Å². The molecule has 0 spiro atoms. The summed E-state index contributed by atoms with van der Waals surface area (Å²) in [5.74, 6) is -0.137. The van der Waals surface area contributed by atoms with Crippen LogP contribution >= 0.6 is 23.2 Å². The zero-order chi connectivity index (χ0) is 16.6. The van der Waals surface area contributed by atoms with Crippen molar-refractivity contribution in [3.05, 3.63) is 75.3 Å². The van der Waals surface area contributed by atoms with E-state index in [0.29, 0.717) is 15.6 Å². The van der Waals surface area contributed by atoms with Gasteiger partial charge in [0.15, 0.2) is 5.78 Å². The second-order valence-corrected chi connectivity index (χ2v) is 7.23. The number of carbonyl (C=O) groups is 1. The van der Waals surface area contributed by atoms with E-state index < -0.39 is 0 Å². The van der Waals surface area contributed by atoms with Crippen LogP contribution in [-0.4, -0.2) is 11.3 Å². The van der Waals surface area contributed by atoms with E-state index in [1.807, 2.05) is 18.2 Å². The highest BCUT2D eigenvalue weighted by Gasteiger charge is 2.27. The number of hydrogen-bond acceptors (Lipinski definition) is 2. The average molecular weight is 346 g/mol. The molecule has 0 saturated heterocycles. The quantitative estimate of drug-likeness (QED) is 0.602. The molecule has 0 aliphatic carbocycles. The Kier molecular flexibility index (Phi) is 4.22. The largest absolute Gasteiger partial charge is 0.379 e. The Morgan fingerprint density at radius 2 is 1.91 bits per heavy atom. The van der Waals surface area contributed by atoms with Gasteiger partial charge in [0.1, 0.15) is 0 Å². The molecule has 23 heavy (non-hydrogen) atoms. The number of halogens is 2. The van der Waals surface area contributed by atoms with E-state index in [9.17, 15) is 4.79 Å². The Morgan fingerprint density at radius 1 is 1.17 bits per heavy atom. The maximum absolute atomic E-state index is 12.6. The van der Waals surface area contributed by atoms with Gasteiger partial charge in [0, 0.05) is 33.5 Å². The molecule has 1 heterocycles.